The minimum atomic E-state index is -0.238. The molecule has 1 atom stereocenters. The third-order valence-electron chi connectivity index (χ3n) is 2.45. The van der Waals surface area contributed by atoms with E-state index in [2.05, 4.69) is 0 Å². The van der Waals surface area contributed by atoms with Gasteiger partial charge in [0.25, 0.3) is 0 Å². The predicted molar refractivity (Wildman–Crippen MR) is 61.6 cm³/mol. The first-order valence-electron chi connectivity index (χ1n) is 5.06. The van der Waals surface area contributed by atoms with Crippen molar-refractivity contribution in [1.82, 2.24) is 0 Å². The smallest absolute Gasteiger partial charge is 0.167 e. The van der Waals surface area contributed by atoms with E-state index in [1.54, 1.807) is 13.2 Å². The van der Waals surface area contributed by atoms with E-state index in [-0.39, 0.29) is 6.04 Å². The molecule has 1 unspecified atom stereocenters. The summed E-state index contributed by atoms with van der Waals surface area (Å²) in [7, 11) is 1.56. The van der Waals surface area contributed by atoms with Crippen molar-refractivity contribution in [3.8, 4) is 17.2 Å². The van der Waals surface area contributed by atoms with E-state index in [0.717, 1.165) is 5.56 Å². The number of ether oxygens (including phenoxy) is 3. The fraction of sp³-hybridized carbons (Fsp3) is 0.455. The van der Waals surface area contributed by atoms with Crippen LogP contribution in [-0.2, 0) is 0 Å². The van der Waals surface area contributed by atoms with Gasteiger partial charge in [0.15, 0.2) is 11.5 Å². The first kappa shape index (κ1) is 11.4. The third-order valence-corrected chi connectivity index (χ3v) is 2.84. The lowest BCUT2D eigenvalue weighted by Gasteiger charge is -2.24. The van der Waals surface area contributed by atoms with Crippen LogP contribution in [0.1, 0.15) is 18.5 Å². The van der Waals surface area contributed by atoms with Crippen molar-refractivity contribution in [2.75, 3.05) is 20.3 Å². The van der Waals surface area contributed by atoms with Gasteiger partial charge in [-0.25, -0.2) is 0 Å². The molecule has 2 rings (SSSR count). The number of hydrogen-bond acceptors (Lipinski definition) is 4. The van der Waals surface area contributed by atoms with Crippen LogP contribution in [0.3, 0.4) is 0 Å². The Kier molecular flexibility index (Phi) is 3.12. The molecular weight excluding hydrogens is 230 g/mol. The molecule has 0 amide bonds. The average molecular weight is 244 g/mol. The normalized spacial score (nSPS) is 15.8. The van der Waals surface area contributed by atoms with Crippen molar-refractivity contribution in [3.05, 3.63) is 16.7 Å². The molecule has 0 bridgehead atoms. The molecule has 0 spiro atoms. The van der Waals surface area contributed by atoms with Crippen LogP contribution < -0.4 is 19.9 Å². The SMILES string of the molecule is COc1cc2c(c(C(C)N)c1Cl)OCCO2. The van der Waals surface area contributed by atoms with E-state index in [1.807, 2.05) is 6.92 Å². The van der Waals surface area contributed by atoms with Crippen molar-refractivity contribution in [3.63, 3.8) is 0 Å². The molecule has 1 aliphatic rings. The van der Waals surface area contributed by atoms with Crippen molar-refractivity contribution in [2.24, 2.45) is 5.73 Å². The van der Waals surface area contributed by atoms with Crippen molar-refractivity contribution in [2.45, 2.75) is 13.0 Å². The van der Waals surface area contributed by atoms with E-state index in [4.69, 9.17) is 31.5 Å². The first-order chi connectivity index (χ1) is 7.65. The number of hydrogen-bond donors (Lipinski definition) is 1. The topological polar surface area (TPSA) is 53.7 Å². The number of nitrogens with two attached hydrogens (primary N) is 1. The highest BCUT2D eigenvalue weighted by Crippen LogP contribution is 2.45. The zero-order valence-electron chi connectivity index (χ0n) is 9.25. The Morgan fingerprint density at radius 3 is 2.75 bits per heavy atom. The van der Waals surface area contributed by atoms with Crippen LogP contribution in [0.2, 0.25) is 5.02 Å². The average Bonchev–Trinajstić information content (AvgIpc) is 2.27. The van der Waals surface area contributed by atoms with Gasteiger partial charge in [-0.2, -0.15) is 0 Å². The van der Waals surface area contributed by atoms with Crippen LogP contribution in [0.5, 0.6) is 17.2 Å². The highest BCUT2D eigenvalue weighted by atomic mass is 35.5. The van der Waals surface area contributed by atoms with E-state index in [9.17, 15) is 0 Å². The minimum Gasteiger partial charge on any atom is -0.495 e. The lowest BCUT2D eigenvalue weighted by Crippen LogP contribution is -2.19. The fourth-order valence-corrected chi connectivity index (χ4v) is 2.11. The number of halogens is 1. The third kappa shape index (κ3) is 1.79. The molecule has 16 heavy (non-hydrogen) atoms. The Morgan fingerprint density at radius 2 is 2.12 bits per heavy atom. The van der Waals surface area contributed by atoms with E-state index in [1.165, 1.54) is 0 Å². The van der Waals surface area contributed by atoms with Crippen LogP contribution in [-0.4, -0.2) is 20.3 Å². The number of fused-ring (bicyclic) bond motifs is 1. The van der Waals surface area contributed by atoms with E-state index in [0.29, 0.717) is 35.5 Å². The van der Waals surface area contributed by atoms with Gasteiger partial charge in [-0.1, -0.05) is 11.6 Å². The molecule has 1 aliphatic heterocycles. The highest BCUT2D eigenvalue weighted by Gasteiger charge is 2.24. The molecular formula is C11H14ClNO3. The van der Waals surface area contributed by atoms with Crippen molar-refractivity contribution >= 4 is 11.6 Å². The van der Waals surface area contributed by atoms with Crippen LogP contribution in [0.25, 0.3) is 0 Å². The van der Waals surface area contributed by atoms with Crippen molar-refractivity contribution < 1.29 is 14.2 Å². The van der Waals surface area contributed by atoms with Crippen LogP contribution in [0.15, 0.2) is 6.07 Å². The molecule has 1 aromatic rings. The summed E-state index contributed by atoms with van der Waals surface area (Å²) in [6.07, 6.45) is 0. The molecule has 0 saturated heterocycles. The van der Waals surface area contributed by atoms with Gasteiger partial charge in [0.05, 0.1) is 12.1 Å². The second kappa shape index (κ2) is 4.39. The highest BCUT2D eigenvalue weighted by molar-refractivity contribution is 6.33. The van der Waals surface area contributed by atoms with E-state index >= 15 is 0 Å². The number of benzene rings is 1. The summed E-state index contributed by atoms with van der Waals surface area (Å²) in [6, 6.07) is 1.49. The Hall–Kier alpha value is -1.13. The van der Waals surface area contributed by atoms with Crippen molar-refractivity contribution in [1.29, 1.82) is 0 Å². The van der Waals surface area contributed by atoms with Gasteiger partial charge in [0.2, 0.25) is 0 Å². The van der Waals surface area contributed by atoms with E-state index < -0.39 is 0 Å². The maximum absolute atomic E-state index is 6.20. The summed E-state index contributed by atoms with van der Waals surface area (Å²) in [5.41, 5.74) is 6.62. The quantitative estimate of drug-likeness (QED) is 0.865. The van der Waals surface area contributed by atoms with Crippen LogP contribution in [0, 0.1) is 0 Å². The standard InChI is InChI=1S/C11H14ClNO3/c1-6(13)9-10(12)7(14-2)5-8-11(9)16-4-3-15-8/h5-6H,3-4,13H2,1-2H3. The summed E-state index contributed by atoms with van der Waals surface area (Å²) in [6.45, 7) is 2.88. The molecule has 0 aliphatic carbocycles. The fourth-order valence-electron chi connectivity index (χ4n) is 1.72. The summed E-state index contributed by atoms with van der Waals surface area (Å²) >= 11 is 6.20. The predicted octanol–water partition coefficient (Wildman–Crippen LogP) is 2.14. The maximum atomic E-state index is 6.20. The number of methoxy groups -OCH3 is 1. The first-order valence-corrected chi connectivity index (χ1v) is 5.44. The van der Waals surface area contributed by atoms with Gasteiger partial charge in [0.1, 0.15) is 19.0 Å². The van der Waals surface area contributed by atoms with Gasteiger partial charge in [-0.3, -0.25) is 0 Å². The molecule has 0 saturated carbocycles. The van der Waals surface area contributed by atoms with Gasteiger partial charge in [0, 0.05) is 17.7 Å². The molecule has 1 heterocycles. The molecule has 4 nitrogen and oxygen atoms in total. The Labute approximate surface area is 99.2 Å². The van der Waals surface area contributed by atoms with Gasteiger partial charge >= 0.3 is 0 Å². The summed E-state index contributed by atoms with van der Waals surface area (Å²) in [4.78, 5) is 0. The van der Waals surface area contributed by atoms with Crippen LogP contribution in [0.4, 0.5) is 0 Å². The largest absolute Gasteiger partial charge is 0.495 e. The summed E-state index contributed by atoms with van der Waals surface area (Å²) < 4.78 is 16.2. The maximum Gasteiger partial charge on any atom is 0.167 e. The second-order valence-electron chi connectivity index (χ2n) is 3.62. The molecule has 1 aromatic carbocycles. The molecule has 88 valence electrons. The van der Waals surface area contributed by atoms with Gasteiger partial charge in [-0.05, 0) is 6.92 Å². The minimum absolute atomic E-state index is 0.238. The second-order valence-corrected chi connectivity index (χ2v) is 4.00. The van der Waals surface area contributed by atoms with Gasteiger partial charge in [-0.15, -0.1) is 0 Å². The molecule has 0 radical (unpaired) electrons. The zero-order chi connectivity index (χ0) is 11.7. The Balaban J connectivity index is 2.62. The monoisotopic (exact) mass is 243 g/mol. The lowest BCUT2D eigenvalue weighted by atomic mass is 10.1. The molecule has 0 fully saturated rings. The Bertz CT molecular complexity index is 407. The number of rotatable bonds is 2. The Morgan fingerprint density at radius 1 is 1.44 bits per heavy atom. The summed E-state index contributed by atoms with van der Waals surface area (Å²) in [5.74, 6) is 1.82. The summed E-state index contributed by atoms with van der Waals surface area (Å²) in [5, 5.41) is 0.488. The lowest BCUT2D eigenvalue weighted by molar-refractivity contribution is 0.168. The molecule has 2 N–H and O–H groups in total. The molecule has 0 aromatic heterocycles. The van der Waals surface area contributed by atoms with Crippen LogP contribution >= 0.6 is 11.6 Å². The van der Waals surface area contributed by atoms with Gasteiger partial charge < -0.3 is 19.9 Å². The zero-order valence-corrected chi connectivity index (χ0v) is 10.0. The molecule has 5 heteroatoms.